The smallest absolute Gasteiger partial charge is 0.407 e. The van der Waals surface area contributed by atoms with Gasteiger partial charge in [0.25, 0.3) is 0 Å². The average Bonchev–Trinajstić information content (AvgIpc) is 2.42. The molecule has 0 unspecified atom stereocenters. The fourth-order valence-electron chi connectivity index (χ4n) is 1.39. The van der Waals surface area contributed by atoms with Gasteiger partial charge in [0.15, 0.2) is 0 Å². The van der Waals surface area contributed by atoms with Gasteiger partial charge in [-0.05, 0) is 18.4 Å². The molecule has 0 heterocycles. The molecule has 1 aromatic carbocycles. The van der Waals surface area contributed by atoms with Crippen molar-refractivity contribution in [3.8, 4) is 0 Å². The highest BCUT2D eigenvalue weighted by molar-refractivity contribution is 5.67. The van der Waals surface area contributed by atoms with Crippen LogP contribution in [0.5, 0.6) is 0 Å². The molecule has 1 amide bonds. The van der Waals surface area contributed by atoms with Gasteiger partial charge in [-0.1, -0.05) is 36.4 Å². The summed E-state index contributed by atoms with van der Waals surface area (Å²) in [4.78, 5) is 11.3. The summed E-state index contributed by atoms with van der Waals surface area (Å²) in [5.41, 5.74) is 0.953. The highest BCUT2D eigenvalue weighted by atomic mass is 16.5. The number of amides is 1. The number of carbonyl (C=O) groups is 1. The minimum Gasteiger partial charge on any atom is -0.445 e. The van der Waals surface area contributed by atoms with Crippen LogP contribution in [-0.4, -0.2) is 23.8 Å². The first-order valence-electron chi connectivity index (χ1n) is 5.97. The van der Waals surface area contributed by atoms with Crippen molar-refractivity contribution in [3.63, 3.8) is 0 Å². The topological polar surface area (TPSA) is 58.6 Å². The molecule has 0 radical (unpaired) electrons. The van der Waals surface area contributed by atoms with Crippen LogP contribution in [-0.2, 0) is 11.3 Å². The Hall–Kier alpha value is -1.81. The van der Waals surface area contributed by atoms with Crippen LogP contribution in [0.15, 0.2) is 43.0 Å². The standard InChI is InChI=1S/C14H19NO3/c1-2-13(16)9-6-10-15-14(17)18-11-12-7-4-3-5-8-12/h2-5,7-8,13,16H,1,6,9-11H2,(H,15,17)/t13-/m1/s1. The predicted molar refractivity (Wildman–Crippen MR) is 70.1 cm³/mol. The summed E-state index contributed by atoms with van der Waals surface area (Å²) < 4.78 is 5.03. The summed E-state index contributed by atoms with van der Waals surface area (Å²) in [6, 6.07) is 9.50. The molecule has 0 aromatic heterocycles. The molecular weight excluding hydrogens is 230 g/mol. The number of rotatable bonds is 7. The van der Waals surface area contributed by atoms with Gasteiger partial charge in [-0.3, -0.25) is 0 Å². The molecule has 0 aliphatic rings. The van der Waals surface area contributed by atoms with E-state index in [4.69, 9.17) is 4.74 Å². The van der Waals surface area contributed by atoms with E-state index in [9.17, 15) is 9.90 Å². The Balaban J connectivity index is 2.09. The van der Waals surface area contributed by atoms with Crippen molar-refractivity contribution in [1.82, 2.24) is 5.32 Å². The maximum Gasteiger partial charge on any atom is 0.407 e. The van der Waals surface area contributed by atoms with E-state index in [0.717, 1.165) is 5.56 Å². The summed E-state index contributed by atoms with van der Waals surface area (Å²) in [5, 5.41) is 11.8. The molecule has 1 aromatic rings. The Morgan fingerprint density at radius 1 is 1.44 bits per heavy atom. The largest absolute Gasteiger partial charge is 0.445 e. The highest BCUT2D eigenvalue weighted by Gasteiger charge is 2.02. The minimum atomic E-state index is -0.507. The molecule has 0 saturated carbocycles. The van der Waals surface area contributed by atoms with Crippen LogP contribution in [0.4, 0.5) is 4.79 Å². The fourth-order valence-corrected chi connectivity index (χ4v) is 1.39. The Morgan fingerprint density at radius 3 is 2.83 bits per heavy atom. The average molecular weight is 249 g/mol. The number of hydrogen-bond acceptors (Lipinski definition) is 3. The summed E-state index contributed by atoms with van der Waals surface area (Å²) >= 11 is 0. The van der Waals surface area contributed by atoms with Gasteiger partial charge in [-0.2, -0.15) is 0 Å². The van der Waals surface area contributed by atoms with Crippen LogP contribution in [0.3, 0.4) is 0 Å². The molecule has 0 aliphatic carbocycles. The maximum atomic E-state index is 11.3. The second-order valence-corrected chi connectivity index (χ2v) is 3.93. The quantitative estimate of drug-likeness (QED) is 0.575. The zero-order chi connectivity index (χ0) is 13.2. The van der Waals surface area contributed by atoms with E-state index in [1.165, 1.54) is 6.08 Å². The number of nitrogens with one attached hydrogen (secondary N) is 1. The third kappa shape index (κ3) is 6.06. The van der Waals surface area contributed by atoms with E-state index in [-0.39, 0.29) is 6.61 Å². The second kappa shape index (κ2) is 8.31. The first kappa shape index (κ1) is 14.3. The van der Waals surface area contributed by atoms with Crippen LogP contribution in [0, 0.1) is 0 Å². The minimum absolute atomic E-state index is 0.266. The van der Waals surface area contributed by atoms with Gasteiger partial charge in [0.2, 0.25) is 0 Å². The first-order chi connectivity index (χ1) is 8.72. The Bertz CT molecular complexity index is 365. The van der Waals surface area contributed by atoms with Crippen molar-refractivity contribution in [1.29, 1.82) is 0 Å². The summed E-state index contributed by atoms with van der Waals surface area (Å²) in [6.45, 7) is 4.23. The van der Waals surface area contributed by atoms with Crippen LogP contribution in [0.25, 0.3) is 0 Å². The first-order valence-corrected chi connectivity index (χ1v) is 5.97. The second-order valence-electron chi connectivity index (χ2n) is 3.93. The number of ether oxygens (including phenoxy) is 1. The molecule has 1 rings (SSSR count). The van der Waals surface area contributed by atoms with Crippen molar-refractivity contribution in [2.75, 3.05) is 6.54 Å². The third-order valence-corrected chi connectivity index (χ3v) is 2.43. The molecule has 4 heteroatoms. The van der Waals surface area contributed by atoms with E-state index in [0.29, 0.717) is 19.4 Å². The summed E-state index contributed by atoms with van der Waals surface area (Å²) in [7, 11) is 0. The van der Waals surface area contributed by atoms with E-state index in [2.05, 4.69) is 11.9 Å². The summed E-state index contributed by atoms with van der Waals surface area (Å²) in [6.07, 6.45) is 1.81. The maximum absolute atomic E-state index is 11.3. The predicted octanol–water partition coefficient (Wildman–Crippen LogP) is 2.24. The van der Waals surface area contributed by atoms with Crippen LogP contribution < -0.4 is 5.32 Å². The Labute approximate surface area is 107 Å². The molecule has 0 bridgehead atoms. The Kier molecular flexibility index (Phi) is 6.58. The van der Waals surface area contributed by atoms with E-state index in [1.54, 1.807) is 0 Å². The van der Waals surface area contributed by atoms with Crippen molar-refractivity contribution in [3.05, 3.63) is 48.6 Å². The lowest BCUT2D eigenvalue weighted by atomic mass is 10.2. The molecule has 0 fully saturated rings. The number of aliphatic hydroxyl groups excluding tert-OH is 1. The normalized spacial score (nSPS) is 11.6. The van der Waals surface area contributed by atoms with Crippen molar-refractivity contribution < 1.29 is 14.6 Å². The monoisotopic (exact) mass is 249 g/mol. The fraction of sp³-hybridized carbons (Fsp3) is 0.357. The SMILES string of the molecule is C=C[C@@H](O)CCCNC(=O)OCc1ccccc1. The van der Waals surface area contributed by atoms with Crippen molar-refractivity contribution in [2.24, 2.45) is 0 Å². The van der Waals surface area contributed by atoms with E-state index < -0.39 is 12.2 Å². The van der Waals surface area contributed by atoms with Gasteiger partial charge in [0.05, 0.1) is 6.10 Å². The van der Waals surface area contributed by atoms with Gasteiger partial charge in [-0.15, -0.1) is 6.58 Å². The lowest BCUT2D eigenvalue weighted by Gasteiger charge is -2.08. The van der Waals surface area contributed by atoms with Gasteiger partial charge >= 0.3 is 6.09 Å². The number of alkyl carbamates (subject to hydrolysis) is 1. The van der Waals surface area contributed by atoms with E-state index >= 15 is 0 Å². The van der Waals surface area contributed by atoms with Crippen molar-refractivity contribution >= 4 is 6.09 Å². The van der Waals surface area contributed by atoms with Gasteiger partial charge in [0, 0.05) is 6.54 Å². The molecular formula is C14H19NO3. The van der Waals surface area contributed by atoms with Crippen LogP contribution in [0.2, 0.25) is 0 Å². The van der Waals surface area contributed by atoms with E-state index in [1.807, 2.05) is 30.3 Å². The van der Waals surface area contributed by atoms with Crippen LogP contribution in [0.1, 0.15) is 18.4 Å². The molecule has 0 spiro atoms. The Morgan fingerprint density at radius 2 is 2.17 bits per heavy atom. The third-order valence-electron chi connectivity index (χ3n) is 2.43. The zero-order valence-electron chi connectivity index (χ0n) is 10.3. The lowest BCUT2D eigenvalue weighted by molar-refractivity contribution is 0.138. The molecule has 1 atom stereocenters. The van der Waals surface area contributed by atoms with Crippen LogP contribution >= 0.6 is 0 Å². The molecule has 2 N–H and O–H groups in total. The molecule has 0 saturated heterocycles. The van der Waals surface area contributed by atoms with Gasteiger partial charge in [0.1, 0.15) is 6.61 Å². The number of aliphatic hydroxyl groups is 1. The zero-order valence-corrected chi connectivity index (χ0v) is 10.3. The lowest BCUT2D eigenvalue weighted by Crippen LogP contribution is -2.25. The molecule has 4 nitrogen and oxygen atoms in total. The number of carbonyl (C=O) groups excluding carboxylic acids is 1. The molecule has 98 valence electrons. The van der Waals surface area contributed by atoms with Crippen molar-refractivity contribution in [2.45, 2.75) is 25.6 Å². The number of hydrogen-bond donors (Lipinski definition) is 2. The molecule has 0 aliphatic heterocycles. The molecule has 18 heavy (non-hydrogen) atoms. The van der Waals surface area contributed by atoms with Gasteiger partial charge < -0.3 is 15.2 Å². The highest BCUT2D eigenvalue weighted by Crippen LogP contribution is 2.01. The van der Waals surface area contributed by atoms with Gasteiger partial charge in [-0.25, -0.2) is 4.79 Å². The number of benzene rings is 1. The summed E-state index contributed by atoms with van der Waals surface area (Å²) in [5.74, 6) is 0.